The van der Waals surface area contributed by atoms with Gasteiger partial charge in [0.15, 0.2) is 0 Å². The molecule has 3 amide bonds. The zero-order valence-electron chi connectivity index (χ0n) is 18.8. The average molecular weight is 460 g/mol. The predicted molar refractivity (Wildman–Crippen MR) is 122 cm³/mol. The van der Waals surface area contributed by atoms with Crippen molar-refractivity contribution in [1.82, 2.24) is 10.6 Å². The van der Waals surface area contributed by atoms with Crippen molar-refractivity contribution in [3.63, 3.8) is 0 Å². The molecule has 2 atom stereocenters. The van der Waals surface area contributed by atoms with E-state index in [1.54, 1.807) is 4.90 Å². The van der Waals surface area contributed by atoms with Gasteiger partial charge in [0.25, 0.3) is 0 Å². The van der Waals surface area contributed by atoms with Gasteiger partial charge in [0.2, 0.25) is 11.8 Å². The van der Waals surface area contributed by atoms with Crippen LogP contribution in [-0.2, 0) is 25.7 Å². The van der Waals surface area contributed by atoms with E-state index < -0.39 is 24.1 Å². The zero-order chi connectivity index (χ0) is 23.6. The zero-order valence-corrected chi connectivity index (χ0v) is 18.8. The van der Waals surface area contributed by atoms with E-state index in [1.807, 2.05) is 24.3 Å². The second-order valence-electron chi connectivity index (χ2n) is 8.76. The number of amides is 3. The van der Waals surface area contributed by atoms with Gasteiger partial charge in [-0.2, -0.15) is 0 Å². The third-order valence-electron chi connectivity index (χ3n) is 6.37. The molecule has 2 unspecified atom stereocenters. The van der Waals surface area contributed by atoms with Crippen molar-refractivity contribution in [2.75, 3.05) is 18.1 Å². The molecule has 33 heavy (non-hydrogen) atoms. The molecule has 1 aliphatic carbocycles. The molecule has 0 bridgehead atoms. The summed E-state index contributed by atoms with van der Waals surface area (Å²) < 4.78 is 5.56. The lowest BCUT2D eigenvalue weighted by molar-refractivity contribution is -0.126. The van der Waals surface area contributed by atoms with Crippen LogP contribution < -0.4 is 15.5 Å². The quantitative estimate of drug-likeness (QED) is 0.488. The summed E-state index contributed by atoms with van der Waals surface area (Å²) in [6, 6.07) is 5.75. The number of ether oxygens (including phenoxy) is 1. The van der Waals surface area contributed by atoms with Gasteiger partial charge in [-0.05, 0) is 24.8 Å². The van der Waals surface area contributed by atoms with E-state index in [9.17, 15) is 19.2 Å². The second-order valence-corrected chi connectivity index (χ2v) is 8.76. The molecule has 3 N–H and O–H groups in total. The molecule has 1 fully saturated rings. The van der Waals surface area contributed by atoms with Gasteiger partial charge in [0, 0.05) is 24.2 Å². The number of fused-ring (bicyclic) bond motifs is 1. The van der Waals surface area contributed by atoms with Crippen LogP contribution >= 0.6 is 0 Å². The highest BCUT2D eigenvalue weighted by Crippen LogP contribution is 2.28. The summed E-state index contributed by atoms with van der Waals surface area (Å²) in [5.41, 5.74) is 1.72. The normalized spacial score (nSPS) is 18.4. The predicted octanol–water partition coefficient (Wildman–Crippen LogP) is 2.62. The fraction of sp³-hybridized carbons (Fsp3) is 0.583. The maximum Gasteiger partial charge on any atom is 0.405 e. The topological polar surface area (TPSA) is 125 Å². The summed E-state index contributed by atoms with van der Waals surface area (Å²) in [6.07, 6.45) is 5.20. The summed E-state index contributed by atoms with van der Waals surface area (Å²) in [5, 5.41) is 14.1. The number of benzene rings is 1. The van der Waals surface area contributed by atoms with Crippen LogP contribution in [0.4, 0.5) is 10.5 Å². The van der Waals surface area contributed by atoms with Gasteiger partial charge in [0.05, 0.1) is 19.3 Å². The molecule has 1 aromatic carbocycles. The van der Waals surface area contributed by atoms with Gasteiger partial charge in [-0.25, -0.2) is 4.79 Å². The molecule has 0 aromatic heterocycles. The average Bonchev–Trinajstić information content (AvgIpc) is 3.04. The Morgan fingerprint density at radius 2 is 1.91 bits per heavy atom. The SMILES string of the molecule is O=CC(CCC(=O)N1CCOCc2ccccc21)NC(=O)C(CC1CCCCC1)NC(=O)O. The van der Waals surface area contributed by atoms with Gasteiger partial charge < -0.3 is 30.2 Å². The molecule has 0 radical (unpaired) electrons. The number of para-hydroxylation sites is 1. The molecule has 0 saturated heterocycles. The Bertz CT molecular complexity index is 839. The van der Waals surface area contributed by atoms with Crippen molar-refractivity contribution in [2.24, 2.45) is 5.92 Å². The summed E-state index contributed by atoms with van der Waals surface area (Å²) in [5.74, 6) is -0.402. The highest BCUT2D eigenvalue weighted by atomic mass is 16.5. The monoisotopic (exact) mass is 459 g/mol. The molecule has 9 heteroatoms. The van der Waals surface area contributed by atoms with E-state index in [-0.39, 0.29) is 24.7 Å². The van der Waals surface area contributed by atoms with Crippen molar-refractivity contribution >= 4 is 29.9 Å². The number of rotatable bonds is 9. The van der Waals surface area contributed by atoms with Crippen LogP contribution in [-0.4, -0.2) is 54.5 Å². The molecule has 1 heterocycles. The van der Waals surface area contributed by atoms with E-state index >= 15 is 0 Å². The van der Waals surface area contributed by atoms with E-state index in [2.05, 4.69) is 10.6 Å². The summed E-state index contributed by atoms with van der Waals surface area (Å²) in [4.78, 5) is 50.2. The summed E-state index contributed by atoms with van der Waals surface area (Å²) in [7, 11) is 0. The highest BCUT2D eigenvalue weighted by molar-refractivity contribution is 5.94. The highest BCUT2D eigenvalue weighted by Gasteiger charge is 2.28. The largest absolute Gasteiger partial charge is 0.465 e. The number of nitrogens with one attached hydrogen (secondary N) is 2. The Labute approximate surface area is 193 Å². The van der Waals surface area contributed by atoms with Crippen molar-refractivity contribution in [1.29, 1.82) is 0 Å². The minimum absolute atomic E-state index is 0.0671. The van der Waals surface area contributed by atoms with Crippen LogP contribution in [0.3, 0.4) is 0 Å². The third-order valence-corrected chi connectivity index (χ3v) is 6.37. The Balaban J connectivity index is 1.57. The minimum atomic E-state index is -1.27. The molecule has 1 saturated carbocycles. The van der Waals surface area contributed by atoms with Crippen LogP contribution in [0.2, 0.25) is 0 Å². The third kappa shape index (κ3) is 7.28. The first kappa shape index (κ1) is 24.7. The number of aldehydes is 1. The summed E-state index contributed by atoms with van der Waals surface area (Å²) >= 11 is 0. The number of nitrogens with zero attached hydrogens (tertiary/aromatic N) is 1. The number of hydrogen-bond donors (Lipinski definition) is 3. The Hall–Kier alpha value is -2.94. The first-order chi connectivity index (χ1) is 16.0. The molecular weight excluding hydrogens is 426 g/mol. The van der Waals surface area contributed by atoms with Crippen LogP contribution in [0.1, 0.15) is 56.9 Å². The Morgan fingerprint density at radius 1 is 1.15 bits per heavy atom. The van der Waals surface area contributed by atoms with Gasteiger partial charge in [0.1, 0.15) is 12.3 Å². The van der Waals surface area contributed by atoms with Crippen LogP contribution in [0.15, 0.2) is 24.3 Å². The standard InChI is InChI=1S/C24H33N3O6/c28-15-19(25-23(30)20(26-24(31)32)14-17-6-2-1-3-7-17)10-11-22(29)27-12-13-33-16-18-8-4-5-9-21(18)27/h4-5,8-9,15,17,19-20,26H,1-3,6-7,10-14,16H2,(H,25,30)(H,31,32). The fourth-order valence-electron chi connectivity index (χ4n) is 4.62. The van der Waals surface area contributed by atoms with Gasteiger partial charge in [-0.3, -0.25) is 9.59 Å². The number of carbonyl (C=O) groups is 4. The van der Waals surface area contributed by atoms with E-state index in [0.717, 1.165) is 43.4 Å². The van der Waals surface area contributed by atoms with E-state index in [4.69, 9.17) is 9.84 Å². The maximum atomic E-state index is 12.9. The van der Waals surface area contributed by atoms with Crippen molar-refractivity contribution in [3.8, 4) is 0 Å². The number of anilines is 1. The van der Waals surface area contributed by atoms with E-state index in [1.165, 1.54) is 0 Å². The van der Waals surface area contributed by atoms with Gasteiger partial charge >= 0.3 is 6.09 Å². The van der Waals surface area contributed by atoms with E-state index in [0.29, 0.717) is 32.5 Å². The first-order valence-corrected chi connectivity index (χ1v) is 11.7. The van der Waals surface area contributed by atoms with Gasteiger partial charge in [-0.15, -0.1) is 0 Å². The second kappa shape index (κ2) is 12.3. The summed E-state index contributed by atoms with van der Waals surface area (Å²) in [6.45, 7) is 1.27. The number of carboxylic acid groups (broad SMARTS) is 1. The number of hydrogen-bond acceptors (Lipinski definition) is 5. The van der Waals surface area contributed by atoms with Crippen molar-refractivity contribution in [2.45, 2.75) is 70.1 Å². The molecule has 9 nitrogen and oxygen atoms in total. The van der Waals surface area contributed by atoms with Crippen LogP contribution in [0.25, 0.3) is 0 Å². The Kier molecular flexibility index (Phi) is 9.24. The molecule has 1 aromatic rings. The van der Waals surface area contributed by atoms with Crippen molar-refractivity contribution < 1.29 is 29.0 Å². The minimum Gasteiger partial charge on any atom is -0.465 e. The molecule has 0 spiro atoms. The molecular formula is C24H33N3O6. The van der Waals surface area contributed by atoms with Gasteiger partial charge in [-0.1, -0.05) is 50.3 Å². The smallest absolute Gasteiger partial charge is 0.405 e. The lowest BCUT2D eigenvalue weighted by Crippen LogP contribution is -2.50. The maximum absolute atomic E-state index is 12.9. The van der Waals surface area contributed by atoms with Crippen molar-refractivity contribution in [3.05, 3.63) is 29.8 Å². The lowest BCUT2D eigenvalue weighted by atomic mass is 9.84. The first-order valence-electron chi connectivity index (χ1n) is 11.7. The molecule has 2 aliphatic rings. The molecule has 180 valence electrons. The Morgan fingerprint density at radius 3 is 2.64 bits per heavy atom. The fourth-order valence-corrected chi connectivity index (χ4v) is 4.62. The lowest BCUT2D eigenvalue weighted by Gasteiger charge is -2.27. The van der Waals surface area contributed by atoms with Crippen LogP contribution in [0, 0.1) is 5.92 Å². The number of carbonyl (C=O) groups excluding carboxylic acids is 3. The van der Waals surface area contributed by atoms with Crippen LogP contribution in [0.5, 0.6) is 0 Å². The molecule has 1 aliphatic heterocycles. The molecule has 3 rings (SSSR count).